The fourth-order valence-electron chi connectivity index (χ4n) is 1.33. The molecule has 0 aromatic heterocycles. The molecule has 0 unspecified atom stereocenters. The minimum absolute atomic E-state index is 0.0783. The molecule has 0 aliphatic carbocycles. The van der Waals surface area contributed by atoms with Gasteiger partial charge in [-0.15, -0.1) is 0 Å². The summed E-state index contributed by atoms with van der Waals surface area (Å²) in [5, 5.41) is 10.9. The van der Waals surface area contributed by atoms with E-state index in [4.69, 9.17) is 14.6 Å². The lowest BCUT2D eigenvalue weighted by molar-refractivity contribution is -0.136. The normalized spacial score (nSPS) is 9.74. The van der Waals surface area contributed by atoms with Gasteiger partial charge in [-0.2, -0.15) is 0 Å². The molecule has 1 aromatic carbocycles. The number of amides is 1. The van der Waals surface area contributed by atoms with E-state index in [1.165, 1.54) is 0 Å². The third-order valence-electron chi connectivity index (χ3n) is 2.32. The Morgan fingerprint density at radius 3 is 2.37 bits per heavy atom. The van der Waals surface area contributed by atoms with Gasteiger partial charge in [-0.3, -0.25) is 9.59 Å². The van der Waals surface area contributed by atoms with Crippen molar-refractivity contribution in [2.45, 2.75) is 12.8 Å². The van der Waals surface area contributed by atoms with Gasteiger partial charge in [-0.1, -0.05) is 0 Å². The highest BCUT2D eigenvalue weighted by Gasteiger charge is 2.03. The molecule has 0 aliphatic rings. The average molecular weight is 267 g/mol. The van der Waals surface area contributed by atoms with Crippen molar-refractivity contribution < 1.29 is 24.2 Å². The first kappa shape index (κ1) is 14.8. The summed E-state index contributed by atoms with van der Waals surface area (Å²) in [6.45, 7) is 0.377. The first-order valence-corrected chi connectivity index (χ1v) is 5.87. The third-order valence-corrected chi connectivity index (χ3v) is 2.32. The summed E-state index contributed by atoms with van der Waals surface area (Å²) in [5.41, 5.74) is 0. The van der Waals surface area contributed by atoms with E-state index >= 15 is 0 Å². The molecule has 0 fully saturated rings. The van der Waals surface area contributed by atoms with Crippen LogP contribution in [0.3, 0.4) is 0 Å². The molecule has 0 radical (unpaired) electrons. The number of benzene rings is 1. The maximum atomic E-state index is 11.3. The van der Waals surface area contributed by atoms with E-state index in [2.05, 4.69) is 5.32 Å². The van der Waals surface area contributed by atoms with Crippen LogP contribution in [0.5, 0.6) is 11.5 Å². The lowest BCUT2D eigenvalue weighted by atomic mass is 10.3. The van der Waals surface area contributed by atoms with Crippen molar-refractivity contribution in [3.05, 3.63) is 24.3 Å². The largest absolute Gasteiger partial charge is 0.497 e. The van der Waals surface area contributed by atoms with Gasteiger partial charge in [0.15, 0.2) is 0 Å². The Balaban J connectivity index is 2.18. The number of methoxy groups -OCH3 is 1. The molecular weight excluding hydrogens is 250 g/mol. The highest BCUT2D eigenvalue weighted by atomic mass is 16.5. The number of carboxylic acids is 1. The predicted molar refractivity (Wildman–Crippen MR) is 68.4 cm³/mol. The van der Waals surface area contributed by atoms with E-state index in [9.17, 15) is 9.59 Å². The summed E-state index contributed by atoms with van der Waals surface area (Å²) < 4.78 is 10.4. The van der Waals surface area contributed by atoms with Crippen LogP contribution < -0.4 is 14.8 Å². The summed E-state index contributed by atoms with van der Waals surface area (Å²) in [5.74, 6) is 0.224. The van der Waals surface area contributed by atoms with Gasteiger partial charge in [-0.05, 0) is 24.3 Å². The van der Waals surface area contributed by atoms with Crippen molar-refractivity contribution in [2.75, 3.05) is 20.3 Å². The molecule has 2 N–H and O–H groups in total. The molecule has 0 saturated carbocycles. The number of ether oxygens (including phenoxy) is 2. The van der Waals surface area contributed by atoms with Gasteiger partial charge < -0.3 is 19.9 Å². The van der Waals surface area contributed by atoms with Crippen LogP contribution >= 0.6 is 0 Å². The van der Waals surface area contributed by atoms with Crippen LogP contribution in [0, 0.1) is 0 Å². The summed E-state index contributed by atoms with van der Waals surface area (Å²) in [7, 11) is 1.58. The molecule has 0 aliphatic heterocycles. The number of nitrogens with one attached hydrogen (secondary N) is 1. The van der Waals surface area contributed by atoms with Crippen molar-refractivity contribution in [3.63, 3.8) is 0 Å². The van der Waals surface area contributed by atoms with Crippen LogP contribution in [0.4, 0.5) is 0 Å². The minimum Gasteiger partial charge on any atom is -0.497 e. The van der Waals surface area contributed by atoms with E-state index in [0.717, 1.165) is 5.75 Å². The number of carbonyl (C=O) groups is 2. The topological polar surface area (TPSA) is 84.9 Å². The van der Waals surface area contributed by atoms with Crippen LogP contribution in [0.25, 0.3) is 0 Å². The lowest BCUT2D eigenvalue weighted by Gasteiger charge is -2.07. The maximum Gasteiger partial charge on any atom is 0.305 e. The van der Waals surface area contributed by atoms with Gasteiger partial charge in [-0.25, -0.2) is 0 Å². The van der Waals surface area contributed by atoms with Crippen molar-refractivity contribution in [1.82, 2.24) is 5.32 Å². The molecule has 0 atom stereocenters. The number of rotatable bonds is 8. The van der Waals surface area contributed by atoms with Crippen LogP contribution in [-0.2, 0) is 9.59 Å². The second kappa shape index (κ2) is 7.97. The standard InChI is InChI=1S/C13H17NO5/c1-18-10-2-4-11(5-3-10)19-9-7-12(15)14-8-6-13(16)17/h2-5H,6-9H2,1H3,(H,14,15)(H,16,17). The summed E-state index contributed by atoms with van der Waals surface area (Å²) in [6, 6.07) is 7.03. The monoisotopic (exact) mass is 267 g/mol. The Kier molecular flexibility index (Phi) is 6.21. The second-order valence-corrected chi connectivity index (χ2v) is 3.77. The smallest absolute Gasteiger partial charge is 0.305 e. The van der Waals surface area contributed by atoms with Gasteiger partial charge in [0.05, 0.1) is 26.6 Å². The Labute approximate surface area is 111 Å². The van der Waals surface area contributed by atoms with Crippen molar-refractivity contribution in [3.8, 4) is 11.5 Å². The highest BCUT2D eigenvalue weighted by Crippen LogP contribution is 2.16. The molecule has 0 heterocycles. The summed E-state index contributed by atoms with van der Waals surface area (Å²) in [4.78, 5) is 21.6. The van der Waals surface area contributed by atoms with Crippen LogP contribution in [0.1, 0.15) is 12.8 Å². The van der Waals surface area contributed by atoms with Crippen LogP contribution in [0.15, 0.2) is 24.3 Å². The van der Waals surface area contributed by atoms with Crippen LogP contribution in [0.2, 0.25) is 0 Å². The number of carbonyl (C=O) groups excluding carboxylic acids is 1. The van der Waals surface area contributed by atoms with E-state index < -0.39 is 5.97 Å². The minimum atomic E-state index is -0.935. The molecule has 1 rings (SSSR count). The summed E-state index contributed by atoms with van der Waals surface area (Å²) >= 11 is 0. The molecule has 0 spiro atoms. The van der Waals surface area contributed by atoms with Crippen molar-refractivity contribution in [2.24, 2.45) is 0 Å². The second-order valence-electron chi connectivity index (χ2n) is 3.77. The molecule has 6 heteroatoms. The zero-order chi connectivity index (χ0) is 14.1. The number of hydrogen-bond donors (Lipinski definition) is 2. The first-order chi connectivity index (χ1) is 9.11. The average Bonchev–Trinajstić information content (AvgIpc) is 2.39. The molecule has 19 heavy (non-hydrogen) atoms. The Morgan fingerprint density at radius 2 is 1.79 bits per heavy atom. The Morgan fingerprint density at radius 1 is 1.16 bits per heavy atom. The van der Waals surface area contributed by atoms with Gasteiger partial charge in [0.25, 0.3) is 0 Å². The zero-order valence-corrected chi connectivity index (χ0v) is 10.7. The van der Waals surface area contributed by atoms with E-state index in [0.29, 0.717) is 5.75 Å². The SMILES string of the molecule is COc1ccc(OCCC(=O)NCCC(=O)O)cc1. The molecule has 6 nitrogen and oxygen atoms in total. The predicted octanol–water partition coefficient (Wildman–Crippen LogP) is 1.05. The highest BCUT2D eigenvalue weighted by molar-refractivity contribution is 5.76. The maximum absolute atomic E-state index is 11.3. The van der Waals surface area contributed by atoms with Crippen molar-refractivity contribution >= 4 is 11.9 Å². The molecule has 0 bridgehead atoms. The van der Waals surface area contributed by atoms with Crippen molar-refractivity contribution in [1.29, 1.82) is 0 Å². The Hall–Kier alpha value is -2.24. The van der Waals surface area contributed by atoms with Gasteiger partial charge in [0.1, 0.15) is 11.5 Å². The van der Waals surface area contributed by atoms with Gasteiger partial charge in [0.2, 0.25) is 5.91 Å². The summed E-state index contributed by atoms with van der Waals surface area (Å²) in [6.07, 6.45) is 0.108. The van der Waals surface area contributed by atoms with E-state index in [-0.39, 0.29) is 31.9 Å². The number of carboxylic acid groups (broad SMARTS) is 1. The number of hydrogen-bond acceptors (Lipinski definition) is 4. The van der Waals surface area contributed by atoms with Gasteiger partial charge in [0, 0.05) is 6.54 Å². The van der Waals surface area contributed by atoms with E-state index in [1.54, 1.807) is 31.4 Å². The van der Waals surface area contributed by atoms with E-state index in [1.807, 2.05) is 0 Å². The molecule has 1 aromatic rings. The number of aliphatic carboxylic acids is 1. The zero-order valence-electron chi connectivity index (χ0n) is 10.7. The van der Waals surface area contributed by atoms with Crippen LogP contribution in [-0.4, -0.2) is 37.2 Å². The van der Waals surface area contributed by atoms with Gasteiger partial charge >= 0.3 is 5.97 Å². The Bertz CT molecular complexity index is 416. The first-order valence-electron chi connectivity index (χ1n) is 5.87. The lowest BCUT2D eigenvalue weighted by Crippen LogP contribution is -2.27. The molecular formula is C13H17NO5. The molecule has 0 saturated heterocycles. The fraction of sp³-hybridized carbons (Fsp3) is 0.385. The third kappa shape index (κ3) is 6.30. The fourth-order valence-corrected chi connectivity index (χ4v) is 1.33. The quantitative estimate of drug-likeness (QED) is 0.735. The molecule has 1 amide bonds. The molecule has 104 valence electrons.